The summed E-state index contributed by atoms with van der Waals surface area (Å²) >= 11 is 0. The number of benzene rings is 2. The zero-order valence-corrected chi connectivity index (χ0v) is 25.2. The molecule has 232 valence electrons. The van der Waals surface area contributed by atoms with E-state index >= 15 is 4.39 Å². The van der Waals surface area contributed by atoms with Crippen LogP contribution in [-0.4, -0.2) is 87.6 Å². The van der Waals surface area contributed by atoms with Crippen LogP contribution in [-0.2, 0) is 16.1 Å². The normalized spacial score (nSPS) is 15.6. The third-order valence-electron chi connectivity index (χ3n) is 8.49. The number of hydrogen-bond acceptors (Lipinski definition) is 6. The minimum absolute atomic E-state index is 0.0164. The molecule has 1 saturated heterocycles. The first-order valence-corrected chi connectivity index (χ1v) is 15.1. The van der Waals surface area contributed by atoms with Crippen molar-refractivity contribution in [3.63, 3.8) is 0 Å². The molecule has 4 heterocycles. The van der Waals surface area contributed by atoms with Crippen molar-refractivity contribution >= 4 is 28.3 Å². The number of nitrogens with one attached hydrogen (secondary N) is 1. The number of amides is 2. The predicted molar refractivity (Wildman–Crippen MR) is 168 cm³/mol. The van der Waals surface area contributed by atoms with Gasteiger partial charge >= 0.3 is 0 Å². The molecule has 2 aliphatic heterocycles. The Morgan fingerprint density at radius 2 is 1.93 bits per heavy atom. The lowest BCUT2D eigenvalue weighted by molar-refractivity contribution is -0.131. The average Bonchev–Trinajstić information content (AvgIpc) is 3.78. The first-order valence-electron chi connectivity index (χ1n) is 15.1. The Balaban J connectivity index is 1.33. The van der Waals surface area contributed by atoms with Gasteiger partial charge in [0, 0.05) is 55.3 Å². The highest BCUT2D eigenvalue weighted by atomic mass is 19.1. The van der Waals surface area contributed by atoms with Crippen LogP contribution in [0.3, 0.4) is 0 Å². The van der Waals surface area contributed by atoms with Crippen molar-refractivity contribution in [2.45, 2.75) is 38.3 Å². The largest absolute Gasteiger partial charge is 0.496 e. The Kier molecular flexibility index (Phi) is 8.93. The van der Waals surface area contributed by atoms with Gasteiger partial charge in [0.1, 0.15) is 18.1 Å². The zero-order valence-electron chi connectivity index (χ0n) is 25.2. The number of rotatable bonds is 9. The summed E-state index contributed by atoms with van der Waals surface area (Å²) in [6, 6.07) is 11.1. The molecule has 45 heavy (non-hydrogen) atoms. The molecule has 10 nitrogen and oxygen atoms in total. The van der Waals surface area contributed by atoms with Crippen LogP contribution in [0.5, 0.6) is 5.75 Å². The summed E-state index contributed by atoms with van der Waals surface area (Å²) in [5, 5.41) is 8.29. The topological polar surface area (TPSA) is 106 Å². The molecule has 0 bridgehead atoms. The second-order valence-electron chi connectivity index (χ2n) is 11.2. The van der Waals surface area contributed by atoms with Crippen LogP contribution in [0.1, 0.15) is 41.7 Å². The van der Waals surface area contributed by atoms with Crippen molar-refractivity contribution in [3.8, 4) is 29.2 Å². The van der Waals surface area contributed by atoms with E-state index < -0.39 is 5.82 Å². The number of hydrogen-bond donors (Lipinski definition) is 1. The summed E-state index contributed by atoms with van der Waals surface area (Å²) in [5.74, 6) is 2.41. The maximum absolute atomic E-state index is 16.5. The molecule has 0 atom stereocenters. The molecule has 2 aliphatic rings. The number of aryl methyl sites for hydroxylation is 1. The molecule has 0 unspecified atom stereocenters. The number of nitrogens with zero attached hydrogens (tertiary/aromatic N) is 5. The van der Waals surface area contributed by atoms with Crippen LogP contribution in [0.15, 0.2) is 54.9 Å². The number of likely N-dealkylation sites (tertiary alicyclic amines) is 1. The Morgan fingerprint density at radius 3 is 2.69 bits per heavy atom. The molecule has 0 saturated carbocycles. The summed E-state index contributed by atoms with van der Waals surface area (Å²) in [4.78, 5) is 33.4. The monoisotopic (exact) mass is 610 g/mol. The van der Waals surface area contributed by atoms with E-state index in [1.165, 1.54) is 0 Å². The van der Waals surface area contributed by atoms with Gasteiger partial charge in [0.25, 0.3) is 5.91 Å². The van der Waals surface area contributed by atoms with Crippen molar-refractivity contribution in [2.75, 3.05) is 39.9 Å². The Bertz CT molecular complexity index is 1770. The van der Waals surface area contributed by atoms with Gasteiger partial charge in [-0.3, -0.25) is 14.3 Å². The maximum atomic E-state index is 16.5. The summed E-state index contributed by atoms with van der Waals surface area (Å²) < 4.78 is 29.5. The highest BCUT2D eigenvalue weighted by Crippen LogP contribution is 2.40. The molecule has 11 heteroatoms. The van der Waals surface area contributed by atoms with Crippen molar-refractivity contribution in [1.82, 2.24) is 29.8 Å². The molecule has 0 spiro atoms. The van der Waals surface area contributed by atoms with E-state index in [1.54, 1.807) is 46.1 Å². The second kappa shape index (κ2) is 13.4. The molecule has 1 fully saturated rings. The molecule has 6 rings (SSSR count). The van der Waals surface area contributed by atoms with Crippen LogP contribution < -0.4 is 4.74 Å². The third kappa shape index (κ3) is 6.33. The number of carbonyl (C=O) groups excluding carboxylic acids is 2. The summed E-state index contributed by atoms with van der Waals surface area (Å²) in [6.07, 6.45) is 12.8. The fourth-order valence-electron chi connectivity index (χ4n) is 6.13. The van der Waals surface area contributed by atoms with E-state index in [2.05, 4.69) is 21.2 Å². The predicted octanol–water partition coefficient (Wildman–Crippen LogP) is 4.53. The number of terminal acetylenes is 1. The lowest BCUT2D eigenvalue weighted by atomic mass is 9.93. The number of halogens is 1. The first-order chi connectivity index (χ1) is 22.0. The van der Waals surface area contributed by atoms with Crippen molar-refractivity contribution < 1.29 is 23.5 Å². The smallest absolute Gasteiger partial charge is 0.270 e. The van der Waals surface area contributed by atoms with E-state index in [0.717, 1.165) is 11.1 Å². The number of aromatic amines is 1. The summed E-state index contributed by atoms with van der Waals surface area (Å²) in [5.41, 5.74) is 3.13. The minimum Gasteiger partial charge on any atom is -0.496 e. The lowest BCUT2D eigenvalue weighted by Crippen LogP contribution is -2.41. The number of methoxy groups -OCH3 is 1. The summed E-state index contributed by atoms with van der Waals surface area (Å²) in [7, 11) is 1.59. The average molecular weight is 611 g/mol. The minimum atomic E-state index is -0.466. The zero-order chi connectivity index (χ0) is 31.3. The highest BCUT2D eigenvalue weighted by molar-refractivity contribution is 6.05. The van der Waals surface area contributed by atoms with Gasteiger partial charge < -0.3 is 24.3 Å². The molecule has 2 aromatic carbocycles. The number of H-pyrrole nitrogens is 1. The van der Waals surface area contributed by atoms with Gasteiger partial charge in [0.05, 0.1) is 31.5 Å². The molecular formula is C34H35FN6O4. The second-order valence-corrected chi connectivity index (χ2v) is 11.2. The fraction of sp³-hybridized carbons (Fsp3) is 0.353. The van der Waals surface area contributed by atoms with Gasteiger partial charge in [-0.15, -0.1) is 11.5 Å². The van der Waals surface area contributed by atoms with E-state index in [0.29, 0.717) is 73.4 Å². The third-order valence-corrected chi connectivity index (χ3v) is 8.49. The Labute approximate surface area is 260 Å². The van der Waals surface area contributed by atoms with Crippen LogP contribution in [0, 0.1) is 18.2 Å². The molecule has 2 amide bonds. The first kappa shape index (κ1) is 30.1. The molecule has 4 aromatic rings. The standard InChI is InChI=1S/C34H35FN6O4/c1-3-19-45-24-10-15-39(16-11-24)34(43)29-21-28-27(25-8-4-5-9-30(25)44-2)20-26(32(35)33(28)37-29)23-7-6-14-40(22-23)31(42)12-17-41-18-13-36-38-41/h1,4-5,7-9,13,18,20-21,24,37H,6,10-12,14-17,19,22H2,2H3. The van der Waals surface area contributed by atoms with Gasteiger partial charge in [-0.1, -0.05) is 35.4 Å². The number of piperidine rings is 1. The van der Waals surface area contributed by atoms with E-state index in [4.69, 9.17) is 15.9 Å². The highest BCUT2D eigenvalue weighted by Gasteiger charge is 2.28. The van der Waals surface area contributed by atoms with Crippen molar-refractivity contribution in [1.29, 1.82) is 0 Å². The maximum Gasteiger partial charge on any atom is 0.270 e. The van der Waals surface area contributed by atoms with Crippen LogP contribution in [0.4, 0.5) is 4.39 Å². The van der Waals surface area contributed by atoms with Crippen LogP contribution in [0.2, 0.25) is 0 Å². The number of para-hydroxylation sites is 1. The van der Waals surface area contributed by atoms with Gasteiger partial charge in [-0.05, 0) is 48.6 Å². The fourth-order valence-corrected chi connectivity index (χ4v) is 6.13. The van der Waals surface area contributed by atoms with Crippen molar-refractivity contribution in [3.05, 3.63) is 71.9 Å². The van der Waals surface area contributed by atoms with E-state index in [9.17, 15) is 9.59 Å². The van der Waals surface area contributed by atoms with Crippen LogP contribution >= 0.6 is 0 Å². The lowest BCUT2D eigenvalue weighted by Gasteiger charge is -2.31. The van der Waals surface area contributed by atoms with Gasteiger partial charge in [-0.25, -0.2) is 4.39 Å². The van der Waals surface area contributed by atoms with Gasteiger partial charge in [0.15, 0.2) is 5.82 Å². The van der Waals surface area contributed by atoms with Crippen LogP contribution in [0.25, 0.3) is 27.6 Å². The van der Waals surface area contributed by atoms with E-state index in [-0.39, 0.29) is 43.0 Å². The summed E-state index contributed by atoms with van der Waals surface area (Å²) in [6.45, 7) is 2.52. The SMILES string of the molecule is C#CCOC1CCN(C(=O)c2cc3c(-c4ccccc4OC)cc(C4=CCCN(C(=O)CCn5ccnn5)C4)c(F)c3[nH]2)CC1. The Morgan fingerprint density at radius 1 is 1.11 bits per heavy atom. The number of carbonyl (C=O) groups is 2. The molecular weight excluding hydrogens is 575 g/mol. The molecule has 0 aliphatic carbocycles. The van der Waals surface area contributed by atoms with Gasteiger partial charge in [0.2, 0.25) is 5.91 Å². The van der Waals surface area contributed by atoms with Crippen molar-refractivity contribution in [2.24, 2.45) is 0 Å². The number of fused-ring (bicyclic) bond motifs is 1. The van der Waals surface area contributed by atoms with E-state index in [1.807, 2.05) is 30.3 Å². The number of ether oxygens (including phenoxy) is 2. The Hall–Kier alpha value is -4.95. The molecule has 2 aromatic heterocycles. The number of aromatic nitrogens is 4. The van der Waals surface area contributed by atoms with Gasteiger partial charge in [-0.2, -0.15) is 0 Å². The molecule has 0 radical (unpaired) electrons. The quantitative estimate of drug-likeness (QED) is 0.279. The molecule has 1 N–H and O–H groups in total.